The molecule has 0 aromatic rings. The molecule has 1 N–H and O–H groups in total. The molecule has 1 unspecified atom stereocenters. The Morgan fingerprint density at radius 3 is 2.06 bits per heavy atom. The molecular formula is C14H28N2O. The molecule has 100 valence electrons. The topological polar surface area (TPSA) is 24.5 Å². The second-order valence-electron chi connectivity index (χ2n) is 7.91. The molecule has 2 fully saturated rings. The highest BCUT2D eigenvalue weighted by Crippen LogP contribution is 2.55. The van der Waals surface area contributed by atoms with Crippen molar-refractivity contribution in [1.29, 1.82) is 0 Å². The Morgan fingerprint density at radius 1 is 1.00 bits per heavy atom. The predicted molar refractivity (Wildman–Crippen MR) is 70.7 cm³/mol. The summed E-state index contributed by atoms with van der Waals surface area (Å²) in [6.07, 6.45) is 1.12. The standard InChI is InChI=1S/C14H28N2O/c1-11(2)9-16(7)13(5,6)8-14(11)12(3,4)10-17-15-14/h15H,8-10H2,1-7H3. The van der Waals surface area contributed by atoms with Gasteiger partial charge in [0.15, 0.2) is 0 Å². The SMILES string of the molecule is CN1CC(C)(C)C2(CC1(C)C)NOCC2(C)C. The van der Waals surface area contributed by atoms with Gasteiger partial charge in [-0.05, 0) is 32.7 Å². The van der Waals surface area contributed by atoms with Crippen molar-refractivity contribution in [3.8, 4) is 0 Å². The van der Waals surface area contributed by atoms with Crippen molar-refractivity contribution >= 4 is 0 Å². The van der Waals surface area contributed by atoms with Crippen molar-refractivity contribution < 1.29 is 4.84 Å². The Hall–Kier alpha value is -0.120. The molecule has 1 spiro atoms. The van der Waals surface area contributed by atoms with E-state index in [-0.39, 0.29) is 21.9 Å². The van der Waals surface area contributed by atoms with Gasteiger partial charge in [0.1, 0.15) is 0 Å². The lowest BCUT2D eigenvalue weighted by Gasteiger charge is -2.61. The van der Waals surface area contributed by atoms with Crippen LogP contribution in [0.2, 0.25) is 0 Å². The number of nitrogens with one attached hydrogen (secondary N) is 1. The summed E-state index contributed by atoms with van der Waals surface area (Å²) in [5.41, 5.74) is 4.06. The third kappa shape index (κ3) is 1.66. The van der Waals surface area contributed by atoms with E-state index in [0.29, 0.717) is 0 Å². The van der Waals surface area contributed by atoms with Crippen molar-refractivity contribution in [2.24, 2.45) is 10.8 Å². The van der Waals surface area contributed by atoms with Crippen molar-refractivity contribution in [3.63, 3.8) is 0 Å². The minimum absolute atomic E-state index is 0.0655. The molecule has 0 aliphatic carbocycles. The molecule has 0 amide bonds. The third-order valence-electron chi connectivity index (χ3n) is 5.35. The zero-order valence-corrected chi connectivity index (χ0v) is 12.5. The third-order valence-corrected chi connectivity index (χ3v) is 5.35. The normalized spacial score (nSPS) is 39.7. The molecular weight excluding hydrogens is 212 g/mol. The van der Waals surface area contributed by atoms with E-state index >= 15 is 0 Å². The number of hydroxylamine groups is 1. The van der Waals surface area contributed by atoms with Crippen molar-refractivity contribution in [1.82, 2.24) is 10.4 Å². The van der Waals surface area contributed by atoms with Crippen LogP contribution in [0.15, 0.2) is 0 Å². The molecule has 2 aliphatic rings. The fraction of sp³-hybridized carbons (Fsp3) is 1.00. The van der Waals surface area contributed by atoms with Crippen LogP contribution in [0, 0.1) is 10.8 Å². The van der Waals surface area contributed by atoms with Gasteiger partial charge in [0, 0.05) is 17.5 Å². The van der Waals surface area contributed by atoms with Gasteiger partial charge in [0.2, 0.25) is 0 Å². The molecule has 3 nitrogen and oxygen atoms in total. The summed E-state index contributed by atoms with van der Waals surface area (Å²) in [7, 11) is 2.23. The molecule has 2 rings (SSSR count). The van der Waals surface area contributed by atoms with Gasteiger partial charge >= 0.3 is 0 Å². The van der Waals surface area contributed by atoms with E-state index in [1.165, 1.54) is 0 Å². The number of nitrogens with zero attached hydrogens (tertiary/aromatic N) is 1. The van der Waals surface area contributed by atoms with Gasteiger partial charge in [-0.3, -0.25) is 0 Å². The fourth-order valence-corrected chi connectivity index (χ4v) is 3.90. The van der Waals surface area contributed by atoms with Gasteiger partial charge in [-0.15, -0.1) is 0 Å². The molecule has 17 heavy (non-hydrogen) atoms. The summed E-state index contributed by atoms with van der Waals surface area (Å²) >= 11 is 0. The molecule has 1 atom stereocenters. The van der Waals surface area contributed by atoms with Gasteiger partial charge < -0.3 is 9.74 Å². The summed E-state index contributed by atoms with van der Waals surface area (Å²) in [4.78, 5) is 8.13. The van der Waals surface area contributed by atoms with Gasteiger partial charge in [-0.25, -0.2) is 0 Å². The lowest BCUT2D eigenvalue weighted by molar-refractivity contribution is -0.103. The lowest BCUT2D eigenvalue weighted by atomic mass is 9.53. The van der Waals surface area contributed by atoms with Crippen molar-refractivity contribution in [2.45, 2.75) is 59.0 Å². The van der Waals surface area contributed by atoms with Crippen molar-refractivity contribution in [3.05, 3.63) is 0 Å². The first-order chi connectivity index (χ1) is 7.54. The number of piperidine rings is 1. The summed E-state index contributed by atoms with van der Waals surface area (Å²) in [5, 5.41) is 0. The average molecular weight is 240 g/mol. The largest absolute Gasteiger partial charge is 0.301 e. The Bertz CT molecular complexity index is 322. The van der Waals surface area contributed by atoms with Crippen LogP contribution in [0.25, 0.3) is 0 Å². The maximum atomic E-state index is 5.65. The summed E-state index contributed by atoms with van der Waals surface area (Å²) in [6, 6.07) is 0. The van der Waals surface area contributed by atoms with Crippen LogP contribution >= 0.6 is 0 Å². The minimum Gasteiger partial charge on any atom is -0.301 e. The van der Waals surface area contributed by atoms with E-state index in [1.54, 1.807) is 0 Å². The van der Waals surface area contributed by atoms with Crippen LogP contribution in [0.3, 0.4) is 0 Å². The maximum Gasteiger partial charge on any atom is 0.0752 e. The molecule has 0 radical (unpaired) electrons. The second-order valence-corrected chi connectivity index (χ2v) is 7.91. The van der Waals surface area contributed by atoms with Crippen LogP contribution in [0.1, 0.15) is 48.0 Å². The molecule has 0 aromatic carbocycles. The Morgan fingerprint density at radius 2 is 1.59 bits per heavy atom. The van der Waals surface area contributed by atoms with E-state index in [4.69, 9.17) is 4.84 Å². The Kier molecular flexibility index (Phi) is 2.71. The quantitative estimate of drug-likeness (QED) is 0.704. The van der Waals surface area contributed by atoms with E-state index in [2.05, 4.69) is 59.0 Å². The number of likely N-dealkylation sites (tertiary alicyclic amines) is 1. The van der Waals surface area contributed by atoms with Crippen LogP contribution in [-0.4, -0.2) is 36.2 Å². The zero-order chi connectivity index (χ0) is 13.1. The van der Waals surface area contributed by atoms with Crippen LogP contribution < -0.4 is 5.48 Å². The van der Waals surface area contributed by atoms with E-state index in [0.717, 1.165) is 19.6 Å². The number of rotatable bonds is 0. The first-order valence-corrected chi connectivity index (χ1v) is 6.64. The highest BCUT2D eigenvalue weighted by molar-refractivity contribution is 5.16. The van der Waals surface area contributed by atoms with Gasteiger partial charge in [0.25, 0.3) is 0 Å². The second kappa shape index (κ2) is 3.46. The zero-order valence-electron chi connectivity index (χ0n) is 12.5. The first kappa shape index (κ1) is 13.3. The molecule has 2 heterocycles. The van der Waals surface area contributed by atoms with Crippen LogP contribution in [0.4, 0.5) is 0 Å². The first-order valence-electron chi connectivity index (χ1n) is 6.64. The van der Waals surface area contributed by atoms with Gasteiger partial charge in [-0.2, -0.15) is 5.48 Å². The molecule has 0 saturated carbocycles. The monoisotopic (exact) mass is 240 g/mol. The predicted octanol–water partition coefficient (Wildman–Crippen LogP) is 2.43. The molecule has 2 saturated heterocycles. The van der Waals surface area contributed by atoms with Gasteiger partial charge in [-0.1, -0.05) is 27.7 Å². The highest BCUT2D eigenvalue weighted by atomic mass is 16.7. The van der Waals surface area contributed by atoms with Crippen LogP contribution in [0.5, 0.6) is 0 Å². The minimum atomic E-state index is 0.0655. The molecule has 3 heteroatoms. The highest BCUT2D eigenvalue weighted by Gasteiger charge is 2.63. The Labute approximate surface area is 106 Å². The average Bonchev–Trinajstić information content (AvgIpc) is 2.39. The smallest absolute Gasteiger partial charge is 0.0752 e. The maximum absolute atomic E-state index is 5.65. The van der Waals surface area contributed by atoms with E-state index in [1.807, 2.05) is 0 Å². The van der Waals surface area contributed by atoms with E-state index in [9.17, 15) is 0 Å². The van der Waals surface area contributed by atoms with E-state index < -0.39 is 0 Å². The summed E-state index contributed by atoms with van der Waals surface area (Å²) < 4.78 is 0. The lowest BCUT2D eigenvalue weighted by Crippen LogP contribution is -2.71. The number of hydrogen-bond donors (Lipinski definition) is 1. The Balaban J connectivity index is 2.45. The van der Waals surface area contributed by atoms with Crippen LogP contribution in [-0.2, 0) is 4.84 Å². The summed E-state index contributed by atoms with van der Waals surface area (Å²) in [6.45, 7) is 16.0. The molecule has 2 aliphatic heterocycles. The molecule has 0 aromatic heterocycles. The van der Waals surface area contributed by atoms with Crippen molar-refractivity contribution in [2.75, 3.05) is 20.2 Å². The molecule has 0 bridgehead atoms. The number of hydrogen-bond acceptors (Lipinski definition) is 3. The van der Waals surface area contributed by atoms with Gasteiger partial charge in [0.05, 0.1) is 12.1 Å². The summed E-state index contributed by atoms with van der Waals surface area (Å²) in [5.74, 6) is 0. The fourth-order valence-electron chi connectivity index (χ4n) is 3.90.